The lowest BCUT2D eigenvalue weighted by atomic mass is 9.97. The van der Waals surface area contributed by atoms with Gasteiger partial charge in [-0.15, -0.1) is 11.3 Å². The number of allylic oxidation sites excluding steroid dienone is 4. The molecule has 0 spiro atoms. The summed E-state index contributed by atoms with van der Waals surface area (Å²) in [7, 11) is 0. The van der Waals surface area contributed by atoms with Gasteiger partial charge in [-0.2, -0.15) is 0 Å². The molecule has 0 aromatic carbocycles. The number of fused-ring (bicyclic) bond motifs is 2. The molecule has 0 bridgehead atoms. The highest BCUT2D eigenvalue weighted by molar-refractivity contribution is 7.09. The highest BCUT2D eigenvalue weighted by atomic mass is 32.1. The van der Waals surface area contributed by atoms with Crippen molar-refractivity contribution in [2.24, 2.45) is 5.92 Å². The number of nitrogens with one attached hydrogen (secondary N) is 1. The van der Waals surface area contributed by atoms with Gasteiger partial charge in [0.15, 0.2) is 0 Å². The van der Waals surface area contributed by atoms with Crippen LogP contribution >= 0.6 is 11.3 Å². The molecule has 2 aliphatic carbocycles. The largest absolute Gasteiger partial charge is 0.316 e. The molecular formula is C16H18N2S. The molecule has 1 unspecified atom stereocenters. The zero-order valence-electron chi connectivity index (χ0n) is 11.0. The summed E-state index contributed by atoms with van der Waals surface area (Å²) in [5.74, 6) is 0.784. The van der Waals surface area contributed by atoms with E-state index in [4.69, 9.17) is 4.98 Å². The van der Waals surface area contributed by atoms with Crippen molar-refractivity contribution < 1.29 is 0 Å². The van der Waals surface area contributed by atoms with Crippen LogP contribution in [0, 0.1) is 5.92 Å². The molecule has 98 valence electrons. The first-order valence-corrected chi connectivity index (χ1v) is 8.00. The second kappa shape index (κ2) is 4.73. The van der Waals surface area contributed by atoms with Gasteiger partial charge in [-0.1, -0.05) is 18.2 Å². The van der Waals surface area contributed by atoms with Crippen molar-refractivity contribution in [3.8, 4) is 0 Å². The third kappa shape index (κ3) is 2.11. The molecule has 4 rings (SSSR count). The van der Waals surface area contributed by atoms with E-state index in [1.54, 1.807) is 0 Å². The van der Waals surface area contributed by atoms with Crippen molar-refractivity contribution >= 4 is 23.0 Å². The molecule has 1 N–H and O–H groups in total. The average Bonchev–Trinajstić information content (AvgIpc) is 2.97. The summed E-state index contributed by atoms with van der Waals surface area (Å²) in [6, 6.07) is 0. The first kappa shape index (κ1) is 11.6. The van der Waals surface area contributed by atoms with Crippen LogP contribution in [0.2, 0.25) is 0 Å². The first-order valence-electron chi connectivity index (χ1n) is 7.19. The average molecular weight is 270 g/mol. The number of hydrogen-bond acceptors (Lipinski definition) is 3. The van der Waals surface area contributed by atoms with E-state index in [1.165, 1.54) is 52.0 Å². The topological polar surface area (TPSA) is 24.9 Å². The molecule has 0 amide bonds. The number of nitrogens with zero attached hydrogens (tertiary/aromatic N) is 1. The third-order valence-electron chi connectivity index (χ3n) is 4.21. The number of piperidine rings is 1. The zero-order chi connectivity index (χ0) is 12.7. The summed E-state index contributed by atoms with van der Waals surface area (Å²) in [5, 5.41) is 6.09. The van der Waals surface area contributed by atoms with Crippen LogP contribution in [-0.2, 0) is 6.42 Å². The van der Waals surface area contributed by atoms with E-state index in [0.717, 1.165) is 18.8 Å². The Morgan fingerprint density at radius 2 is 2.42 bits per heavy atom. The second-order valence-corrected chi connectivity index (χ2v) is 6.73. The molecule has 1 aliphatic heterocycles. The van der Waals surface area contributed by atoms with Crippen molar-refractivity contribution in [1.29, 1.82) is 0 Å². The van der Waals surface area contributed by atoms with Gasteiger partial charge in [0.05, 0.1) is 14.9 Å². The Morgan fingerprint density at radius 3 is 3.32 bits per heavy atom. The number of aromatic nitrogens is 1. The van der Waals surface area contributed by atoms with Gasteiger partial charge in [0.2, 0.25) is 0 Å². The molecule has 3 heteroatoms. The van der Waals surface area contributed by atoms with Crippen LogP contribution < -0.4 is 15.2 Å². The Kier molecular flexibility index (Phi) is 2.89. The maximum Gasteiger partial charge on any atom is 0.0942 e. The molecule has 19 heavy (non-hydrogen) atoms. The van der Waals surface area contributed by atoms with Gasteiger partial charge in [0.1, 0.15) is 0 Å². The number of thiazole rings is 1. The fourth-order valence-corrected chi connectivity index (χ4v) is 4.37. The zero-order valence-corrected chi connectivity index (χ0v) is 11.8. The van der Waals surface area contributed by atoms with Crippen molar-refractivity contribution in [2.45, 2.75) is 25.7 Å². The number of hydrogen-bond donors (Lipinski definition) is 1. The van der Waals surface area contributed by atoms with Gasteiger partial charge >= 0.3 is 0 Å². The molecular weight excluding hydrogens is 252 g/mol. The minimum absolute atomic E-state index is 0.784. The molecule has 1 aromatic heterocycles. The van der Waals surface area contributed by atoms with Crippen molar-refractivity contribution in [2.75, 3.05) is 13.1 Å². The summed E-state index contributed by atoms with van der Waals surface area (Å²) in [6.07, 6.45) is 13.8. The van der Waals surface area contributed by atoms with Gasteiger partial charge in [-0.3, -0.25) is 0 Å². The summed E-state index contributed by atoms with van der Waals surface area (Å²) in [6.45, 7) is 2.36. The predicted octanol–water partition coefficient (Wildman–Crippen LogP) is 1.52. The Morgan fingerprint density at radius 1 is 1.42 bits per heavy atom. The fourth-order valence-electron chi connectivity index (χ4n) is 3.21. The van der Waals surface area contributed by atoms with E-state index < -0.39 is 0 Å². The van der Waals surface area contributed by atoms with Crippen LogP contribution in [-0.4, -0.2) is 18.1 Å². The van der Waals surface area contributed by atoms with Crippen molar-refractivity contribution in [1.82, 2.24) is 10.3 Å². The lowest BCUT2D eigenvalue weighted by Gasteiger charge is -2.21. The van der Waals surface area contributed by atoms with Gasteiger partial charge < -0.3 is 5.32 Å². The van der Waals surface area contributed by atoms with Crippen LogP contribution in [0.1, 0.15) is 24.3 Å². The Balaban J connectivity index is 1.63. The van der Waals surface area contributed by atoms with Crippen LogP contribution in [0.15, 0.2) is 23.8 Å². The van der Waals surface area contributed by atoms with Crippen molar-refractivity contribution in [3.05, 3.63) is 38.7 Å². The molecule has 0 saturated carbocycles. The maximum absolute atomic E-state index is 4.92. The van der Waals surface area contributed by atoms with Crippen molar-refractivity contribution in [3.63, 3.8) is 0 Å². The molecule has 1 saturated heterocycles. The highest BCUT2D eigenvalue weighted by Crippen LogP contribution is 2.24. The normalized spacial score (nSPS) is 24.7. The summed E-state index contributed by atoms with van der Waals surface area (Å²) < 4.78 is 1.38. The third-order valence-corrected chi connectivity index (χ3v) is 5.24. The summed E-state index contributed by atoms with van der Waals surface area (Å²) in [4.78, 5) is 4.92. The highest BCUT2D eigenvalue weighted by Gasteiger charge is 2.18. The quantitative estimate of drug-likeness (QED) is 0.881. The van der Waals surface area contributed by atoms with Gasteiger partial charge in [-0.25, -0.2) is 4.98 Å². The minimum atomic E-state index is 0.784. The van der Waals surface area contributed by atoms with E-state index in [2.05, 4.69) is 29.6 Å². The van der Waals surface area contributed by atoms with E-state index >= 15 is 0 Å². The van der Waals surface area contributed by atoms with Crippen LogP contribution in [0.3, 0.4) is 0 Å². The standard InChI is InChI=1S/C16H18N2S/c1-2-6-13-12(5-1)9-14-16(13)18-15(19-14)8-11-4-3-7-17-10-11/h1-2,5,9,11,17H,3-4,6-8,10H2. The van der Waals surface area contributed by atoms with Crippen LogP contribution in [0.25, 0.3) is 11.6 Å². The number of rotatable bonds is 2. The second-order valence-electron chi connectivity index (χ2n) is 5.61. The van der Waals surface area contributed by atoms with E-state index in [0.29, 0.717) is 0 Å². The molecule has 1 aromatic rings. The Labute approximate surface area is 117 Å². The molecule has 2 heterocycles. The molecule has 3 aliphatic rings. The smallest absolute Gasteiger partial charge is 0.0942 e. The maximum atomic E-state index is 4.92. The Bertz CT molecular complexity index is 672. The van der Waals surface area contributed by atoms with E-state index in [-0.39, 0.29) is 0 Å². The molecule has 1 atom stereocenters. The van der Waals surface area contributed by atoms with Gasteiger partial charge in [0.25, 0.3) is 0 Å². The molecule has 1 fully saturated rings. The monoisotopic (exact) mass is 270 g/mol. The SMILES string of the molecule is C1=CCC2=c3nc(CC4CCCNC4)sc3=CC2=C1. The fraction of sp³-hybridized carbons (Fsp3) is 0.438. The Hall–Kier alpha value is -1.19. The van der Waals surface area contributed by atoms with E-state index in [9.17, 15) is 0 Å². The first-order chi connectivity index (χ1) is 9.40. The summed E-state index contributed by atoms with van der Waals surface area (Å²) >= 11 is 1.90. The van der Waals surface area contributed by atoms with Gasteiger partial charge in [0, 0.05) is 6.42 Å². The lowest BCUT2D eigenvalue weighted by molar-refractivity contribution is 0.375. The van der Waals surface area contributed by atoms with E-state index in [1.807, 2.05) is 11.3 Å². The van der Waals surface area contributed by atoms with Crippen LogP contribution in [0.5, 0.6) is 0 Å². The minimum Gasteiger partial charge on any atom is -0.316 e. The van der Waals surface area contributed by atoms with Gasteiger partial charge in [-0.05, 0) is 55.5 Å². The predicted molar refractivity (Wildman–Crippen MR) is 80.4 cm³/mol. The molecule has 0 radical (unpaired) electrons. The van der Waals surface area contributed by atoms with Crippen LogP contribution in [0.4, 0.5) is 0 Å². The molecule has 2 nitrogen and oxygen atoms in total. The summed E-state index contributed by atoms with van der Waals surface area (Å²) in [5.41, 5.74) is 2.81. The lowest BCUT2D eigenvalue weighted by Crippen LogP contribution is -2.30.